The number of phenolic OH excluding ortho intramolecular Hbond substituents is 1. The van der Waals surface area contributed by atoms with Gasteiger partial charge in [-0.3, -0.25) is 4.79 Å². The summed E-state index contributed by atoms with van der Waals surface area (Å²) in [6.45, 7) is 2.26. The monoisotopic (exact) mass is 209 g/mol. The summed E-state index contributed by atoms with van der Waals surface area (Å²) in [5.41, 5.74) is 0.783. The van der Waals surface area contributed by atoms with Crippen molar-refractivity contribution in [3.63, 3.8) is 0 Å². The lowest BCUT2D eigenvalue weighted by Crippen LogP contribution is -2.21. The van der Waals surface area contributed by atoms with E-state index in [1.165, 1.54) is 7.11 Å². The average molecular weight is 209 g/mol. The van der Waals surface area contributed by atoms with E-state index >= 15 is 0 Å². The van der Waals surface area contributed by atoms with Crippen LogP contribution in [0.1, 0.15) is 6.92 Å². The number of benzene rings is 1. The van der Waals surface area contributed by atoms with Gasteiger partial charge in [0.2, 0.25) is 0 Å². The molecule has 0 saturated heterocycles. The number of ether oxygens (including phenoxy) is 1. The Kier molecular flexibility index (Phi) is 3.97. The standard InChI is InChI=1S/C11H15NO3/c1-8(11(14)15-2)7-12-9-4-3-5-10(13)6-9/h3-6,8,12-13H,7H2,1-2H3. The highest BCUT2D eigenvalue weighted by Gasteiger charge is 2.12. The molecule has 0 spiro atoms. The summed E-state index contributed by atoms with van der Waals surface area (Å²) >= 11 is 0. The van der Waals surface area contributed by atoms with E-state index in [2.05, 4.69) is 10.1 Å². The molecule has 1 aromatic carbocycles. The topological polar surface area (TPSA) is 58.6 Å². The zero-order valence-electron chi connectivity index (χ0n) is 8.86. The molecule has 0 fully saturated rings. The first-order chi connectivity index (χ1) is 7.13. The number of anilines is 1. The van der Waals surface area contributed by atoms with Crippen LogP contribution in [-0.4, -0.2) is 24.7 Å². The van der Waals surface area contributed by atoms with Gasteiger partial charge in [-0.05, 0) is 12.1 Å². The van der Waals surface area contributed by atoms with Crippen molar-refractivity contribution >= 4 is 11.7 Å². The molecule has 0 amide bonds. The van der Waals surface area contributed by atoms with Crippen LogP contribution in [0, 0.1) is 5.92 Å². The molecule has 15 heavy (non-hydrogen) atoms. The predicted molar refractivity (Wildman–Crippen MR) is 57.8 cm³/mol. The molecule has 1 rings (SSSR count). The highest BCUT2D eigenvalue weighted by atomic mass is 16.5. The van der Waals surface area contributed by atoms with Gasteiger partial charge in [0.1, 0.15) is 5.75 Å². The third kappa shape index (κ3) is 3.50. The van der Waals surface area contributed by atoms with Gasteiger partial charge in [-0.25, -0.2) is 0 Å². The fraction of sp³-hybridized carbons (Fsp3) is 0.364. The minimum atomic E-state index is -0.248. The van der Waals surface area contributed by atoms with Crippen LogP contribution in [0.4, 0.5) is 5.69 Å². The maximum absolute atomic E-state index is 11.1. The van der Waals surface area contributed by atoms with Gasteiger partial charge in [0.15, 0.2) is 0 Å². The molecule has 0 radical (unpaired) electrons. The fourth-order valence-corrected chi connectivity index (χ4v) is 1.17. The van der Waals surface area contributed by atoms with Crippen LogP contribution in [0.25, 0.3) is 0 Å². The number of aromatic hydroxyl groups is 1. The largest absolute Gasteiger partial charge is 0.508 e. The first-order valence-electron chi connectivity index (χ1n) is 4.74. The molecule has 0 aliphatic heterocycles. The van der Waals surface area contributed by atoms with E-state index in [0.29, 0.717) is 6.54 Å². The first-order valence-corrected chi connectivity index (χ1v) is 4.74. The Morgan fingerprint density at radius 1 is 1.60 bits per heavy atom. The molecule has 1 atom stereocenters. The number of esters is 1. The number of methoxy groups -OCH3 is 1. The quantitative estimate of drug-likeness (QED) is 0.740. The van der Waals surface area contributed by atoms with E-state index in [-0.39, 0.29) is 17.6 Å². The number of hydrogen-bond acceptors (Lipinski definition) is 4. The van der Waals surface area contributed by atoms with Gasteiger partial charge in [0.05, 0.1) is 13.0 Å². The van der Waals surface area contributed by atoms with E-state index in [1.807, 2.05) is 6.07 Å². The normalized spacial score (nSPS) is 11.9. The molecular weight excluding hydrogens is 194 g/mol. The molecule has 1 unspecified atom stereocenters. The van der Waals surface area contributed by atoms with Gasteiger partial charge in [-0.1, -0.05) is 13.0 Å². The molecule has 0 heterocycles. The van der Waals surface area contributed by atoms with Crippen LogP contribution in [0.15, 0.2) is 24.3 Å². The van der Waals surface area contributed by atoms with Crippen molar-refractivity contribution in [2.75, 3.05) is 19.0 Å². The molecule has 4 nitrogen and oxygen atoms in total. The summed E-state index contributed by atoms with van der Waals surface area (Å²) in [6, 6.07) is 6.75. The molecule has 82 valence electrons. The van der Waals surface area contributed by atoms with E-state index in [4.69, 9.17) is 0 Å². The van der Waals surface area contributed by atoms with Crippen molar-refractivity contribution in [1.82, 2.24) is 0 Å². The van der Waals surface area contributed by atoms with Gasteiger partial charge in [0.25, 0.3) is 0 Å². The minimum absolute atomic E-state index is 0.200. The van der Waals surface area contributed by atoms with Crippen molar-refractivity contribution in [2.45, 2.75) is 6.92 Å². The zero-order chi connectivity index (χ0) is 11.3. The van der Waals surface area contributed by atoms with Crippen LogP contribution in [0.3, 0.4) is 0 Å². The third-order valence-corrected chi connectivity index (χ3v) is 2.06. The Morgan fingerprint density at radius 2 is 2.33 bits per heavy atom. The Bertz CT molecular complexity index is 338. The fourth-order valence-electron chi connectivity index (χ4n) is 1.17. The minimum Gasteiger partial charge on any atom is -0.508 e. The highest BCUT2D eigenvalue weighted by Crippen LogP contribution is 2.15. The summed E-state index contributed by atoms with van der Waals surface area (Å²) < 4.78 is 4.60. The van der Waals surface area contributed by atoms with E-state index in [1.54, 1.807) is 25.1 Å². The Labute approximate surface area is 88.9 Å². The lowest BCUT2D eigenvalue weighted by atomic mass is 10.2. The molecule has 0 aromatic heterocycles. The van der Waals surface area contributed by atoms with Gasteiger partial charge in [0, 0.05) is 18.3 Å². The Balaban J connectivity index is 2.47. The first kappa shape index (κ1) is 11.4. The number of nitrogens with one attached hydrogen (secondary N) is 1. The maximum Gasteiger partial charge on any atom is 0.310 e. The van der Waals surface area contributed by atoms with Crippen LogP contribution >= 0.6 is 0 Å². The molecule has 0 saturated carbocycles. The third-order valence-electron chi connectivity index (χ3n) is 2.06. The lowest BCUT2D eigenvalue weighted by molar-refractivity contribution is -0.144. The molecule has 1 aromatic rings. The Hall–Kier alpha value is -1.71. The SMILES string of the molecule is COC(=O)C(C)CNc1cccc(O)c1. The van der Waals surface area contributed by atoms with Gasteiger partial charge < -0.3 is 15.2 Å². The molecule has 0 aliphatic carbocycles. The van der Waals surface area contributed by atoms with Crippen LogP contribution in [0.2, 0.25) is 0 Å². The van der Waals surface area contributed by atoms with Crippen LogP contribution in [0.5, 0.6) is 5.75 Å². The molecule has 2 N–H and O–H groups in total. The lowest BCUT2D eigenvalue weighted by Gasteiger charge is -2.11. The maximum atomic E-state index is 11.1. The second kappa shape index (κ2) is 5.24. The smallest absolute Gasteiger partial charge is 0.310 e. The van der Waals surface area contributed by atoms with E-state index in [0.717, 1.165) is 5.69 Å². The number of hydrogen-bond donors (Lipinski definition) is 2. The van der Waals surface area contributed by atoms with E-state index < -0.39 is 0 Å². The predicted octanol–water partition coefficient (Wildman–Crippen LogP) is 1.61. The second-order valence-corrected chi connectivity index (χ2v) is 3.36. The van der Waals surface area contributed by atoms with Gasteiger partial charge in [-0.2, -0.15) is 0 Å². The summed E-state index contributed by atoms with van der Waals surface area (Å²) in [4.78, 5) is 11.1. The van der Waals surface area contributed by atoms with Gasteiger partial charge in [-0.15, -0.1) is 0 Å². The van der Waals surface area contributed by atoms with Crippen molar-refractivity contribution < 1.29 is 14.6 Å². The van der Waals surface area contributed by atoms with E-state index in [9.17, 15) is 9.90 Å². The number of carbonyl (C=O) groups is 1. The zero-order valence-corrected chi connectivity index (χ0v) is 8.86. The van der Waals surface area contributed by atoms with Crippen molar-refractivity contribution in [2.24, 2.45) is 5.92 Å². The highest BCUT2D eigenvalue weighted by molar-refractivity contribution is 5.72. The average Bonchev–Trinajstić information content (AvgIpc) is 2.25. The molecule has 4 heteroatoms. The summed E-state index contributed by atoms with van der Waals surface area (Å²) in [5, 5.41) is 12.2. The number of carbonyl (C=O) groups excluding carboxylic acids is 1. The van der Waals surface area contributed by atoms with Crippen LogP contribution in [-0.2, 0) is 9.53 Å². The van der Waals surface area contributed by atoms with Gasteiger partial charge >= 0.3 is 5.97 Å². The Morgan fingerprint density at radius 3 is 2.93 bits per heavy atom. The van der Waals surface area contributed by atoms with Crippen molar-refractivity contribution in [3.05, 3.63) is 24.3 Å². The van der Waals surface area contributed by atoms with Crippen LogP contribution < -0.4 is 5.32 Å². The molecule has 0 bridgehead atoms. The number of phenols is 1. The van der Waals surface area contributed by atoms with Crippen molar-refractivity contribution in [1.29, 1.82) is 0 Å². The summed E-state index contributed by atoms with van der Waals surface area (Å²) in [7, 11) is 1.37. The second-order valence-electron chi connectivity index (χ2n) is 3.36. The summed E-state index contributed by atoms with van der Waals surface area (Å²) in [5.74, 6) is -0.259. The molecular formula is C11H15NO3. The molecule has 0 aliphatic rings. The van der Waals surface area contributed by atoms with Crippen molar-refractivity contribution in [3.8, 4) is 5.75 Å². The number of rotatable bonds is 4. The summed E-state index contributed by atoms with van der Waals surface area (Å²) in [6.07, 6.45) is 0.